The third-order valence-corrected chi connectivity index (χ3v) is 10.3. The molecule has 1 aromatic heterocycles. The molecule has 1 aliphatic heterocycles. The smallest absolute Gasteiger partial charge is 0.226 e. The summed E-state index contributed by atoms with van der Waals surface area (Å²) >= 11 is 0. The first kappa shape index (κ1) is 20.9. The second kappa shape index (κ2) is 6.44. The standard InChI is InChI=1S/C27H34O5/c1-16(28)27-23(31-26(4,32-27)22-6-5-13-30-22)15-21-19-8-7-17-14-18(29)9-11-24(17,2)20(19)10-12-25(21,27)3/h5-6,13-14,19-21,23H,7-12,15H2,1-4H3/t19-,20+,21+,23-,24+,25+,26-,27+/m1/s1. The van der Waals surface area contributed by atoms with Gasteiger partial charge in [-0.15, -0.1) is 0 Å². The highest BCUT2D eigenvalue weighted by Gasteiger charge is 2.76. The van der Waals surface area contributed by atoms with E-state index < -0.39 is 11.4 Å². The highest BCUT2D eigenvalue weighted by Crippen LogP contribution is 2.71. The lowest BCUT2D eigenvalue weighted by Gasteiger charge is -2.59. The minimum atomic E-state index is -1.04. The largest absolute Gasteiger partial charge is 0.464 e. The summed E-state index contributed by atoms with van der Waals surface area (Å²) in [6.07, 6.45) is 9.91. The molecule has 6 rings (SSSR count). The van der Waals surface area contributed by atoms with Crippen LogP contribution in [0.15, 0.2) is 34.5 Å². The summed E-state index contributed by atoms with van der Waals surface area (Å²) in [5.74, 6) is 1.43. The van der Waals surface area contributed by atoms with E-state index in [-0.39, 0.29) is 22.7 Å². The van der Waals surface area contributed by atoms with Gasteiger partial charge in [0.25, 0.3) is 0 Å². The molecule has 0 spiro atoms. The Labute approximate surface area is 189 Å². The Morgan fingerprint density at radius 2 is 1.91 bits per heavy atom. The lowest BCUT2D eigenvalue weighted by molar-refractivity contribution is -0.234. The van der Waals surface area contributed by atoms with Gasteiger partial charge < -0.3 is 13.9 Å². The van der Waals surface area contributed by atoms with Crippen molar-refractivity contribution in [1.29, 1.82) is 0 Å². The van der Waals surface area contributed by atoms with Crippen molar-refractivity contribution >= 4 is 11.6 Å². The van der Waals surface area contributed by atoms with Gasteiger partial charge in [0.1, 0.15) is 0 Å². The van der Waals surface area contributed by atoms with Crippen LogP contribution in [-0.2, 0) is 24.8 Å². The number of ketones is 2. The number of hydrogen-bond acceptors (Lipinski definition) is 5. The molecule has 4 aliphatic carbocycles. The van der Waals surface area contributed by atoms with Crippen LogP contribution in [0.25, 0.3) is 0 Å². The van der Waals surface area contributed by atoms with Crippen LogP contribution < -0.4 is 0 Å². The number of hydrogen-bond donors (Lipinski definition) is 0. The van der Waals surface area contributed by atoms with Crippen LogP contribution in [0.3, 0.4) is 0 Å². The van der Waals surface area contributed by atoms with Gasteiger partial charge in [0.05, 0.1) is 12.4 Å². The van der Waals surface area contributed by atoms with Gasteiger partial charge in [-0.25, -0.2) is 0 Å². The second-order valence-electron chi connectivity index (χ2n) is 11.6. The molecule has 0 amide bonds. The third-order valence-electron chi connectivity index (χ3n) is 10.3. The molecule has 5 heteroatoms. The fourth-order valence-electron chi connectivity index (χ4n) is 8.80. The van der Waals surface area contributed by atoms with Crippen LogP contribution in [0.2, 0.25) is 0 Å². The Kier molecular flexibility index (Phi) is 4.20. The highest BCUT2D eigenvalue weighted by atomic mass is 16.8. The summed E-state index contributed by atoms with van der Waals surface area (Å²) in [4.78, 5) is 25.5. The maximum absolute atomic E-state index is 13.4. The van der Waals surface area contributed by atoms with Crippen LogP contribution >= 0.6 is 0 Å². The maximum atomic E-state index is 13.4. The van der Waals surface area contributed by atoms with E-state index in [4.69, 9.17) is 13.9 Å². The molecule has 8 atom stereocenters. The van der Waals surface area contributed by atoms with Crippen molar-refractivity contribution in [2.45, 2.75) is 90.1 Å². The van der Waals surface area contributed by atoms with Gasteiger partial charge in [0.15, 0.2) is 22.9 Å². The van der Waals surface area contributed by atoms with Gasteiger partial charge in [0, 0.05) is 11.8 Å². The van der Waals surface area contributed by atoms with Crippen LogP contribution in [0, 0.1) is 28.6 Å². The molecule has 0 aromatic carbocycles. The molecule has 2 heterocycles. The molecule has 5 nitrogen and oxygen atoms in total. The predicted octanol–water partition coefficient (Wildman–Crippen LogP) is 5.34. The molecule has 0 bridgehead atoms. The monoisotopic (exact) mass is 438 g/mol. The Morgan fingerprint density at radius 3 is 2.62 bits per heavy atom. The topological polar surface area (TPSA) is 65.7 Å². The molecule has 4 fully saturated rings. The molecule has 5 aliphatic rings. The molecule has 3 saturated carbocycles. The first-order valence-electron chi connectivity index (χ1n) is 12.3. The number of ether oxygens (including phenoxy) is 2. The van der Waals surface area contributed by atoms with Crippen molar-refractivity contribution in [2.24, 2.45) is 28.6 Å². The minimum absolute atomic E-state index is 0.0760. The Bertz CT molecular complexity index is 1010. The first-order valence-corrected chi connectivity index (χ1v) is 12.3. The summed E-state index contributed by atoms with van der Waals surface area (Å²) in [7, 11) is 0. The number of carbonyl (C=O) groups excluding carboxylic acids is 2. The van der Waals surface area contributed by atoms with E-state index in [1.54, 1.807) is 13.2 Å². The lowest BCUT2D eigenvalue weighted by Crippen LogP contribution is -2.59. The number of fused-ring (bicyclic) bond motifs is 7. The SMILES string of the molecule is CC(=O)[C@]12O[C@](C)(c3ccco3)O[C@@H]1C[C@H]1[C@@H]3CCC4=CC(=O)CC[C@]4(C)[C@H]3CC[C@@]12C. The zero-order chi connectivity index (χ0) is 22.5. The van der Waals surface area contributed by atoms with Gasteiger partial charge in [0.2, 0.25) is 5.79 Å². The summed E-state index contributed by atoms with van der Waals surface area (Å²) in [6.45, 7) is 8.24. The van der Waals surface area contributed by atoms with Crippen molar-refractivity contribution in [3.05, 3.63) is 35.8 Å². The fraction of sp³-hybridized carbons (Fsp3) is 0.704. The number of furan rings is 1. The Hall–Kier alpha value is -1.72. The molecule has 0 radical (unpaired) electrons. The fourth-order valence-corrected chi connectivity index (χ4v) is 8.80. The number of Topliss-reactive ketones (excluding diaryl/α,β-unsaturated/α-hetero) is 1. The molecule has 172 valence electrons. The van der Waals surface area contributed by atoms with Gasteiger partial charge in [-0.1, -0.05) is 19.4 Å². The van der Waals surface area contributed by atoms with Gasteiger partial charge >= 0.3 is 0 Å². The van der Waals surface area contributed by atoms with Crippen molar-refractivity contribution < 1.29 is 23.5 Å². The second-order valence-corrected chi connectivity index (χ2v) is 11.6. The van der Waals surface area contributed by atoms with E-state index in [2.05, 4.69) is 13.8 Å². The normalized spacial score (nSPS) is 49.6. The Morgan fingerprint density at radius 1 is 1.09 bits per heavy atom. The molecular formula is C27H34O5. The lowest BCUT2D eigenvalue weighted by atomic mass is 9.46. The van der Waals surface area contributed by atoms with Crippen molar-refractivity contribution in [3.63, 3.8) is 0 Å². The quantitative estimate of drug-likeness (QED) is 0.624. The van der Waals surface area contributed by atoms with E-state index in [1.165, 1.54) is 5.57 Å². The molecule has 1 aromatic rings. The van der Waals surface area contributed by atoms with Gasteiger partial charge in [-0.2, -0.15) is 0 Å². The molecule has 0 N–H and O–H groups in total. The van der Waals surface area contributed by atoms with Crippen LogP contribution in [0.1, 0.15) is 78.4 Å². The number of allylic oxidation sites excluding steroid dienone is 1. The third kappa shape index (κ3) is 2.37. The van der Waals surface area contributed by atoms with Crippen LogP contribution in [0.4, 0.5) is 0 Å². The van der Waals surface area contributed by atoms with E-state index in [9.17, 15) is 9.59 Å². The van der Waals surface area contributed by atoms with E-state index in [1.807, 2.05) is 25.1 Å². The average Bonchev–Trinajstić information content (AvgIpc) is 3.43. The molecule has 0 unspecified atom stereocenters. The molecule has 32 heavy (non-hydrogen) atoms. The molecule has 1 saturated heterocycles. The summed E-state index contributed by atoms with van der Waals surface area (Å²) < 4.78 is 19.0. The Balaban J connectivity index is 1.38. The predicted molar refractivity (Wildman–Crippen MR) is 118 cm³/mol. The first-order chi connectivity index (χ1) is 15.1. The number of carbonyl (C=O) groups is 2. The summed E-state index contributed by atoms with van der Waals surface area (Å²) in [5.41, 5.74) is 0.278. The highest BCUT2D eigenvalue weighted by molar-refractivity contribution is 5.91. The molecular weight excluding hydrogens is 404 g/mol. The minimum Gasteiger partial charge on any atom is -0.464 e. The van der Waals surface area contributed by atoms with E-state index in [0.29, 0.717) is 35.7 Å². The summed E-state index contributed by atoms with van der Waals surface area (Å²) in [5, 5.41) is 0. The van der Waals surface area contributed by atoms with Gasteiger partial charge in [-0.3, -0.25) is 9.59 Å². The zero-order valence-electron chi connectivity index (χ0n) is 19.6. The van der Waals surface area contributed by atoms with Crippen molar-refractivity contribution in [1.82, 2.24) is 0 Å². The summed E-state index contributed by atoms with van der Waals surface area (Å²) in [6, 6.07) is 3.70. The number of rotatable bonds is 2. The zero-order valence-corrected chi connectivity index (χ0v) is 19.6. The van der Waals surface area contributed by atoms with Crippen molar-refractivity contribution in [2.75, 3.05) is 0 Å². The average molecular weight is 439 g/mol. The van der Waals surface area contributed by atoms with Crippen molar-refractivity contribution in [3.8, 4) is 0 Å². The van der Waals surface area contributed by atoms with Crippen LogP contribution in [-0.4, -0.2) is 23.3 Å². The van der Waals surface area contributed by atoms with Gasteiger partial charge in [-0.05, 0) is 93.7 Å². The van der Waals surface area contributed by atoms with E-state index >= 15 is 0 Å². The van der Waals surface area contributed by atoms with E-state index in [0.717, 1.165) is 38.5 Å². The van der Waals surface area contributed by atoms with Crippen LogP contribution in [0.5, 0.6) is 0 Å². The maximum Gasteiger partial charge on any atom is 0.226 e.